The molecule has 0 atom stereocenters. The first-order valence-corrected chi connectivity index (χ1v) is 4.85. The molecular weight excluding hydrogens is 264 g/mol. The molecule has 0 aliphatic rings. The molecule has 0 radical (unpaired) electrons. The van der Waals surface area contributed by atoms with Crippen LogP contribution in [0.2, 0.25) is 0 Å². The Morgan fingerprint density at radius 3 is 2.37 bits per heavy atom. The minimum Gasteiger partial charge on any atom is -0.207 e. The largest absolute Gasteiger partial charge is 0.207 e. The summed E-state index contributed by atoms with van der Waals surface area (Å²) < 4.78 is 53.1. The maximum atomic E-state index is 13.4. The van der Waals surface area contributed by atoms with Gasteiger partial charge in [-0.2, -0.15) is 15.6 Å². The van der Waals surface area contributed by atoms with Gasteiger partial charge in [-0.15, -0.1) is 0 Å². The molecule has 0 fully saturated rings. The molecule has 0 amide bonds. The van der Waals surface area contributed by atoms with Crippen LogP contribution in [0.25, 0.3) is 0 Å². The number of halogens is 4. The maximum absolute atomic E-state index is 13.4. The first-order valence-electron chi connectivity index (χ1n) is 4.85. The minimum absolute atomic E-state index is 0.416. The van der Waals surface area contributed by atoms with Crippen LogP contribution >= 0.6 is 0 Å². The fourth-order valence-electron chi connectivity index (χ4n) is 1.09. The zero-order valence-corrected chi connectivity index (χ0v) is 9.53. The van der Waals surface area contributed by atoms with Crippen LogP contribution < -0.4 is 5.23 Å². The molecule has 0 spiro atoms. The lowest BCUT2D eigenvalue weighted by molar-refractivity contribution is 0.419. The molecule has 19 heavy (non-hydrogen) atoms. The number of rotatable bonds is 3. The van der Waals surface area contributed by atoms with E-state index < -0.39 is 39.9 Å². The first-order chi connectivity index (χ1) is 8.92. The van der Waals surface area contributed by atoms with Gasteiger partial charge in [-0.05, 0) is 6.92 Å². The van der Waals surface area contributed by atoms with Gasteiger partial charge >= 0.3 is 0 Å². The molecule has 0 unspecified atom stereocenters. The van der Waals surface area contributed by atoms with Crippen molar-refractivity contribution in [2.45, 2.75) is 6.92 Å². The topological polar surface area (TPSA) is 63.2 Å². The summed E-state index contributed by atoms with van der Waals surface area (Å²) in [7, 11) is 0. The van der Waals surface area contributed by atoms with Crippen LogP contribution in [0.15, 0.2) is 11.2 Å². The number of nitriles is 2. The fourth-order valence-corrected chi connectivity index (χ4v) is 1.09. The highest BCUT2D eigenvalue weighted by atomic mass is 19.2. The molecule has 1 aromatic rings. The van der Waals surface area contributed by atoms with Gasteiger partial charge in [-0.3, -0.25) is 0 Å². The molecule has 4 nitrogen and oxygen atoms in total. The molecule has 0 aliphatic carbocycles. The SMILES string of the molecule is Cc1c(F)cc(N(F)N=CC(C#N)C#N)c(F)c1F. The highest BCUT2D eigenvalue weighted by Crippen LogP contribution is 2.26. The lowest BCUT2D eigenvalue weighted by Crippen LogP contribution is -2.10. The van der Waals surface area contributed by atoms with Gasteiger partial charge < -0.3 is 0 Å². The number of hydrogen-bond donors (Lipinski definition) is 0. The van der Waals surface area contributed by atoms with Crippen LogP contribution in [-0.4, -0.2) is 6.21 Å². The summed E-state index contributed by atoms with van der Waals surface area (Å²) in [6.07, 6.45) is 0.578. The number of nitrogens with zero attached hydrogens (tertiary/aromatic N) is 4. The smallest absolute Gasteiger partial charge is 0.187 e. The Morgan fingerprint density at radius 1 is 1.26 bits per heavy atom. The van der Waals surface area contributed by atoms with Crippen molar-refractivity contribution in [1.29, 1.82) is 10.5 Å². The van der Waals surface area contributed by atoms with Crippen LogP contribution in [-0.2, 0) is 0 Å². The zero-order chi connectivity index (χ0) is 14.6. The third-order valence-electron chi connectivity index (χ3n) is 2.16. The third-order valence-corrected chi connectivity index (χ3v) is 2.16. The van der Waals surface area contributed by atoms with Crippen molar-refractivity contribution in [1.82, 2.24) is 0 Å². The molecule has 98 valence electrons. The molecule has 0 saturated carbocycles. The van der Waals surface area contributed by atoms with E-state index in [0.717, 1.165) is 6.92 Å². The molecule has 1 aromatic carbocycles. The normalized spacial score (nSPS) is 10.5. The summed E-state index contributed by atoms with van der Waals surface area (Å²) in [5, 5.41) is 19.1. The predicted molar refractivity (Wildman–Crippen MR) is 57.8 cm³/mol. The summed E-state index contributed by atoms with van der Waals surface area (Å²) in [5.74, 6) is -5.67. The molecular formula is C11H6F4N4. The molecule has 0 aromatic heterocycles. The lowest BCUT2D eigenvalue weighted by atomic mass is 10.2. The van der Waals surface area contributed by atoms with E-state index in [1.165, 1.54) is 12.1 Å². The van der Waals surface area contributed by atoms with Crippen molar-refractivity contribution in [3.63, 3.8) is 0 Å². The third kappa shape index (κ3) is 2.99. The van der Waals surface area contributed by atoms with Gasteiger partial charge in [0.05, 0.1) is 18.4 Å². The molecule has 1 rings (SSSR count). The van der Waals surface area contributed by atoms with Crippen molar-refractivity contribution < 1.29 is 17.7 Å². The summed E-state index contributed by atoms with van der Waals surface area (Å²) >= 11 is 0. The Hall–Kier alpha value is -2.61. The van der Waals surface area contributed by atoms with E-state index in [1.54, 1.807) is 0 Å². The van der Waals surface area contributed by atoms with Gasteiger partial charge in [0, 0.05) is 11.6 Å². The molecule has 0 bridgehead atoms. The van der Waals surface area contributed by atoms with Gasteiger partial charge in [0.25, 0.3) is 0 Å². The summed E-state index contributed by atoms with van der Waals surface area (Å²) in [6, 6.07) is 3.33. The standard InChI is InChI=1S/C11H6F4N4/c1-6-8(12)2-9(11(14)10(6)13)19(15)18-5-7(3-16)4-17/h2,5,7H,1H3. The summed E-state index contributed by atoms with van der Waals surface area (Å²) in [4.78, 5) is 0. The molecule has 0 heterocycles. The monoisotopic (exact) mass is 270 g/mol. The van der Waals surface area contributed by atoms with Gasteiger partial charge in [-0.1, -0.05) is 9.71 Å². The molecule has 0 saturated heterocycles. The van der Waals surface area contributed by atoms with E-state index in [-0.39, 0.29) is 0 Å². The maximum Gasteiger partial charge on any atom is 0.187 e. The van der Waals surface area contributed by atoms with Crippen LogP contribution in [0, 0.1) is 53.0 Å². The predicted octanol–water partition coefficient (Wildman–Crippen LogP) is 2.75. The second-order valence-electron chi connectivity index (χ2n) is 3.39. The van der Waals surface area contributed by atoms with Crippen molar-refractivity contribution in [2.24, 2.45) is 11.0 Å². The average Bonchev–Trinajstić information content (AvgIpc) is 2.41. The Balaban J connectivity index is 3.12. The highest BCUT2D eigenvalue weighted by molar-refractivity contribution is 5.69. The molecule has 8 heteroatoms. The van der Waals surface area contributed by atoms with E-state index >= 15 is 0 Å². The fraction of sp³-hybridized carbons (Fsp3) is 0.182. The summed E-state index contributed by atoms with van der Waals surface area (Å²) in [6.45, 7) is 0.991. The quantitative estimate of drug-likeness (QED) is 0.279. The van der Waals surface area contributed by atoms with Crippen molar-refractivity contribution in [2.75, 3.05) is 5.23 Å². The Bertz CT molecular complexity index is 586. The van der Waals surface area contributed by atoms with Crippen molar-refractivity contribution in [3.8, 4) is 12.1 Å². The van der Waals surface area contributed by atoms with E-state index in [1.807, 2.05) is 0 Å². The number of hydrazone groups is 1. The van der Waals surface area contributed by atoms with Gasteiger partial charge in [-0.25, -0.2) is 13.2 Å². The van der Waals surface area contributed by atoms with E-state index in [9.17, 15) is 17.7 Å². The second kappa shape index (κ2) is 5.83. The summed E-state index contributed by atoms with van der Waals surface area (Å²) in [5.41, 5.74) is -1.68. The Labute approximate surface area is 105 Å². The minimum atomic E-state index is -1.62. The number of benzene rings is 1. The van der Waals surface area contributed by atoms with Crippen LogP contribution in [0.3, 0.4) is 0 Å². The van der Waals surface area contributed by atoms with Crippen molar-refractivity contribution >= 4 is 11.9 Å². The second-order valence-corrected chi connectivity index (χ2v) is 3.39. The van der Waals surface area contributed by atoms with Gasteiger partial charge in [0.1, 0.15) is 11.5 Å². The van der Waals surface area contributed by atoms with Gasteiger partial charge in [0.15, 0.2) is 17.6 Å². The Morgan fingerprint density at radius 2 is 1.84 bits per heavy atom. The number of hydrogen-bond acceptors (Lipinski definition) is 4. The number of anilines is 1. The molecule has 0 aliphatic heterocycles. The van der Waals surface area contributed by atoms with Crippen LogP contribution in [0.1, 0.15) is 5.56 Å². The van der Waals surface area contributed by atoms with E-state index in [2.05, 4.69) is 5.10 Å². The highest BCUT2D eigenvalue weighted by Gasteiger charge is 2.20. The van der Waals surface area contributed by atoms with Gasteiger partial charge in [0.2, 0.25) is 0 Å². The zero-order valence-electron chi connectivity index (χ0n) is 9.53. The van der Waals surface area contributed by atoms with Crippen LogP contribution in [0.4, 0.5) is 23.3 Å². The average molecular weight is 270 g/mol. The lowest BCUT2D eigenvalue weighted by Gasteiger charge is -2.10. The van der Waals surface area contributed by atoms with E-state index in [4.69, 9.17) is 10.5 Å². The Kier molecular flexibility index (Phi) is 4.43. The molecule has 0 N–H and O–H groups in total. The van der Waals surface area contributed by atoms with E-state index in [0.29, 0.717) is 12.3 Å². The first kappa shape index (κ1) is 14.5. The van der Waals surface area contributed by atoms with Crippen molar-refractivity contribution in [3.05, 3.63) is 29.1 Å². The van der Waals surface area contributed by atoms with Crippen LogP contribution in [0.5, 0.6) is 0 Å².